The number of carbonyl (C=O) groups is 1. The van der Waals surface area contributed by atoms with E-state index in [0.717, 1.165) is 22.0 Å². The fourth-order valence-electron chi connectivity index (χ4n) is 2.76. The van der Waals surface area contributed by atoms with Crippen LogP contribution in [0.4, 0.5) is 0 Å². The quantitative estimate of drug-likeness (QED) is 0.704. The third-order valence-electron chi connectivity index (χ3n) is 4.06. The lowest BCUT2D eigenvalue weighted by Crippen LogP contribution is -2.41. The average Bonchev–Trinajstić information content (AvgIpc) is 3.15. The second-order valence-electron chi connectivity index (χ2n) is 6.13. The first-order valence-corrected chi connectivity index (χ1v) is 9.78. The first-order valence-electron chi connectivity index (χ1n) is 8.53. The normalized spacial score (nSPS) is 15.4. The van der Waals surface area contributed by atoms with Crippen LogP contribution in [0.15, 0.2) is 53.9 Å². The number of rotatable bonds is 5. The molecule has 0 fully saturated rings. The summed E-state index contributed by atoms with van der Waals surface area (Å²) in [7, 11) is 0. The molecule has 1 amide bonds. The second-order valence-corrected chi connectivity index (χ2v) is 7.43. The minimum atomic E-state index is -0.207. The zero-order valence-corrected chi connectivity index (χ0v) is 15.9. The van der Waals surface area contributed by atoms with E-state index in [1.807, 2.05) is 53.9 Å². The van der Waals surface area contributed by atoms with Crippen LogP contribution < -0.4 is 14.8 Å². The first kappa shape index (κ1) is 17.8. The average molecular weight is 401 g/mol. The van der Waals surface area contributed by atoms with Gasteiger partial charge in [-0.2, -0.15) is 0 Å². The van der Waals surface area contributed by atoms with Gasteiger partial charge in [0.25, 0.3) is 0 Å². The molecule has 4 rings (SSSR count). The van der Waals surface area contributed by atoms with Gasteiger partial charge in [0.15, 0.2) is 11.5 Å². The Morgan fingerprint density at radius 2 is 2.07 bits per heavy atom. The molecule has 3 aromatic rings. The summed E-state index contributed by atoms with van der Waals surface area (Å²) in [6, 6.07) is 15.0. The summed E-state index contributed by atoms with van der Waals surface area (Å²) in [4.78, 5) is 16.8. The monoisotopic (exact) mass is 400 g/mol. The third-order valence-corrected chi connectivity index (χ3v) is 5.23. The van der Waals surface area contributed by atoms with Crippen molar-refractivity contribution in [2.45, 2.75) is 12.5 Å². The zero-order chi connectivity index (χ0) is 18.6. The van der Waals surface area contributed by atoms with Crippen molar-refractivity contribution in [3.8, 4) is 22.1 Å². The van der Waals surface area contributed by atoms with Gasteiger partial charge < -0.3 is 14.8 Å². The van der Waals surface area contributed by atoms with Crippen molar-refractivity contribution in [2.75, 3.05) is 13.2 Å². The highest BCUT2D eigenvalue weighted by Crippen LogP contribution is 2.30. The molecule has 1 aliphatic rings. The minimum absolute atomic E-state index is 0.0968. The van der Waals surface area contributed by atoms with Crippen LogP contribution in [0.5, 0.6) is 11.5 Å². The molecule has 7 heteroatoms. The van der Waals surface area contributed by atoms with Gasteiger partial charge in [-0.25, -0.2) is 4.98 Å². The van der Waals surface area contributed by atoms with Gasteiger partial charge in [0.2, 0.25) is 5.91 Å². The second kappa shape index (κ2) is 7.98. The van der Waals surface area contributed by atoms with Crippen LogP contribution in [0.25, 0.3) is 10.6 Å². The largest absolute Gasteiger partial charge is 0.486 e. The summed E-state index contributed by atoms with van der Waals surface area (Å²) in [5, 5.41) is 6.30. The van der Waals surface area contributed by atoms with E-state index in [2.05, 4.69) is 10.3 Å². The number of para-hydroxylation sites is 2. The molecular formula is C20H17ClN2O3S. The smallest absolute Gasteiger partial charge is 0.226 e. The Labute approximate surface area is 165 Å². The van der Waals surface area contributed by atoms with Crippen molar-refractivity contribution in [2.24, 2.45) is 0 Å². The third kappa shape index (κ3) is 4.40. The van der Waals surface area contributed by atoms with Gasteiger partial charge in [-0.1, -0.05) is 35.9 Å². The number of carbonyl (C=O) groups excluding carboxylic acids is 1. The molecule has 0 aliphatic carbocycles. The SMILES string of the molecule is O=C(Cc1csc(-c2cccc(Cl)c2)n1)NC[C@@H]1COc2ccccc2O1. The van der Waals surface area contributed by atoms with Gasteiger partial charge in [0, 0.05) is 16.0 Å². The first-order chi connectivity index (χ1) is 13.2. The number of hydrogen-bond acceptors (Lipinski definition) is 5. The van der Waals surface area contributed by atoms with Gasteiger partial charge in [-0.05, 0) is 24.3 Å². The van der Waals surface area contributed by atoms with Crippen LogP contribution in [-0.2, 0) is 11.2 Å². The van der Waals surface area contributed by atoms with Crippen molar-refractivity contribution in [3.05, 3.63) is 64.6 Å². The summed E-state index contributed by atoms with van der Waals surface area (Å²) >= 11 is 7.52. The molecule has 5 nitrogen and oxygen atoms in total. The maximum atomic E-state index is 12.2. The number of ether oxygens (including phenoxy) is 2. The number of benzene rings is 2. The van der Waals surface area contributed by atoms with E-state index in [1.165, 1.54) is 11.3 Å². The molecule has 27 heavy (non-hydrogen) atoms. The van der Waals surface area contributed by atoms with E-state index in [4.69, 9.17) is 21.1 Å². The van der Waals surface area contributed by atoms with E-state index >= 15 is 0 Å². The van der Waals surface area contributed by atoms with Gasteiger partial charge in [-0.15, -0.1) is 11.3 Å². The Morgan fingerprint density at radius 3 is 2.93 bits per heavy atom. The number of amides is 1. The van der Waals surface area contributed by atoms with Crippen LogP contribution in [0.1, 0.15) is 5.69 Å². The van der Waals surface area contributed by atoms with Gasteiger partial charge in [0.05, 0.1) is 18.7 Å². The zero-order valence-electron chi connectivity index (χ0n) is 14.4. The fourth-order valence-corrected chi connectivity index (χ4v) is 3.77. The fraction of sp³-hybridized carbons (Fsp3) is 0.200. The number of nitrogens with one attached hydrogen (secondary N) is 1. The van der Waals surface area contributed by atoms with Crippen molar-refractivity contribution in [3.63, 3.8) is 0 Å². The number of aromatic nitrogens is 1. The van der Waals surface area contributed by atoms with E-state index in [9.17, 15) is 4.79 Å². The highest BCUT2D eigenvalue weighted by Gasteiger charge is 2.21. The maximum Gasteiger partial charge on any atom is 0.226 e. The van der Waals surface area contributed by atoms with Crippen LogP contribution in [0.3, 0.4) is 0 Å². The molecule has 2 aromatic carbocycles. The van der Waals surface area contributed by atoms with Crippen molar-refractivity contribution in [1.29, 1.82) is 0 Å². The van der Waals surface area contributed by atoms with E-state index in [0.29, 0.717) is 23.9 Å². The molecule has 1 atom stereocenters. The molecule has 0 unspecified atom stereocenters. The molecule has 0 saturated heterocycles. The molecule has 0 bridgehead atoms. The Hall–Kier alpha value is -2.57. The van der Waals surface area contributed by atoms with Crippen LogP contribution in [0, 0.1) is 0 Å². The Morgan fingerprint density at radius 1 is 1.22 bits per heavy atom. The Bertz CT molecular complexity index is 960. The summed E-state index contributed by atoms with van der Waals surface area (Å²) in [6.07, 6.45) is 0.0163. The minimum Gasteiger partial charge on any atom is -0.486 e. The Balaban J connectivity index is 1.30. The number of thiazole rings is 1. The topological polar surface area (TPSA) is 60.5 Å². The molecule has 1 aromatic heterocycles. The lowest BCUT2D eigenvalue weighted by molar-refractivity contribution is -0.121. The number of halogens is 1. The van der Waals surface area contributed by atoms with Crippen LogP contribution in [0.2, 0.25) is 5.02 Å². The summed E-state index contributed by atoms with van der Waals surface area (Å²) in [5.41, 5.74) is 1.68. The molecule has 2 heterocycles. The molecular weight excluding hydrogens is 384 g/mol. The van der Waals surface area contributed by atoms with Crippen LogP contribution in [-0.4, -0.2) is 30.1 Å². The predicted octanol–water partition coefficient (Wildman–Crippen LogP) is 3.96. The summed E-state index contributed by atoms with van der Waals surface area (Å²) in [6.45, 7) is 0.797. The van der Waals surface area contributed by atoms with E-state index in [1.54, 1.807) is 0 Å². The van der Waals surface area contributed by atoms with Crippen molar-refractivity contribution in [1.82, 2.24) is 10.3 Å². The van der Waals surface area contributed by atoms with Crippen LogP contribution >= 0.6 is 22.9 Å². The van der Waals surface area contributed by atoms with Gasteiger partial charge in [-0.3, -0.25) is 4.79 Å². The van der Waals surface area contributed by atoms with Crippen molar-refractivity contribution >= 4 is 28.8 Å². The Kier molecular flexibility index (Phi) is 5.27. The molecule has 1 aliphatic heterocycles. The predicted molar refractivity (Wildman–Crippen MR) is 106 cm³/mol. The lowest BCUT2D eigenvalue weighted by Gasteiger charge is -2.26. The highest BCUT2D eigenvalue weighted by molar-refractivity contribution is 7.13. The standard InChI is InChI=1S/C20H17ClN2O3S/c21-14-5-3-4-13(8-14)20-23-15(12-27-20)9-19(24)22-10-16-11-25-17-6-1-2-7-18(17)26-16/h1-8,12,16H,9-11H2,(H,22,24)/t16-/m1/s1. The molecule has 0 spiro atoms. The molecule has 0 radical (unpaired) electrons. The number of fused-ring (bicyclic) bond motifs is 1. The highest BCUT2D eigenvalue weighted by atomic mass is 35.5. The van der Waals surface area contributed by atoms with Crippen molar-refractivity contribution < 1.29 is 14.3 Å². The van der Waals surface area contributed by atoms with Gasteiger partial charge >= 0.3 is 0 Å². The molecule has 1 N–H and O–H groups in total. The van der Waals surface area contributed by atoms with E-state index < -0.39 is 0 Å². The summed E-state index contributed by atoms with van der Waals surface area (Å²) < 4.78 is 11.5. The number of nitrogens with zero attached hydrogens (tertiary/aromatic N) is 1. The summed E-state index contributed by atoms with van der Waals surface area (Å²) in [5.74, 6) is 1.34. The lowest BCUT2D eigenvalue weighted by atomic mass is 10.2. The maximum absolute atomic E-state index is 12.2. The molecule has 0 saturated carbocycles. The number of hydrogen-bond donors (Lipinski definition) is 1. The molecule has 138 valence electrons. The van der Waals surface area contributed by atoms with E-state index in [-0.39, 0.29) is 18.4 Å². The van der Waals surface area contributed by atoms with Gasteiger partial charge in [0.1, 0.15) is 17.7 Å².